The Balaban J connectivity index is 2.81. The van der Waals surface area contributed by atoms with Gasteiger partial charge in [-0.25, -0.2) is 0 Å². The molecule has 1 aromatic rings. The van der Waals surface area contributed by atoms with Crippen molar-refractivity contribution < 1.29 is 22.1 Å². The highest BCUT2D eigenvalue weighted by Gasteiger charge is 2.17. The lowest BCUT2D eigenvalue weighted by Crippen LogP contribution is -2.17. The first-order valence-corrected chi connectivity index (χ1v) is 6.02. The van der Waals surface area contributed by atoms with Crippen LogP contribution in [0.4, 0.5) is 0 Å². The molecule has 0 atom stereocenters. The van der Waals surface area contributed by atoms with Crippen molar-refractivity contribution in [1.82, 2.24) is 0 Å². The first kappa shape index (κ1) is 12.7. The lowest BCUT2D eigenvalue weighted by atomic mass is 10.1. The fourth-order valence-electron chi connectivity index (χ4n) is 1.08. The van der Waals surface area contributed by atoms with E-state index in [1.165, 1.54) is 19.2 Å². The van der Waals surface area contributed by atoms with Gasteiger partial charge in [-0.05, 0) is 24.3 Å². The Kier molecular flexibility index (Phi) is 4.03. The predicted octanol–water partition coefficient (Wildman–Crippen LogP) is 0.854. The first-order valence-electron chi connectivity index (χ1n) is 4.44. The van der Waals surface area contributed by atoms with Crippen molar-refractivity contribution in [3.63, 3.8) is 0 Å². The van der Waals surface area contributed by atoms with Crippen LogP contribution in [0.5, 0.6) is 5.75 Å². The molecule has 0 unspecified atom stereocenters. The Morgan fingerprint density at radius 1 is 1.19 bits per heavy atom. The molecular weight excluding hydrogens is 232 g/mol. The van der Waals surface area contributed by atoms with Crippen LogP contribution in [0.25, 0.3) is 0 Å². The van der Waals surface area contributed by atoms with Gasteiger partial charge in [-0.1, -0.05) is 0 Å². The van der Waals surface area contributed by atoms with E-state index in [4.69, 9.17) is 4.74 Å². The lowest BCUT2D eigenvalue weighted by molar-refractivity contribution is 0.101. The second kappa shape index (κ2) is 5.09. The highest BCUT2D eigenvalue weighted by Crippen LogP contribution is 2.12. The van der Waals surface area contributed by atoms with Gasteiger partial charge in [-0.3, -0.25) is 8.98 Å². The monoisotopic (exact) mass is 244 g/mol. The summed E-state index contributed by atoms with van der Waals surface area (Å²) in [6.45, 7) is 0. The van der Waals surface area contributed by atoms with Crippen LogP contribution >= 0.6 is 0 Å². The average molecular weight is 244 g/mol. The van der Waals surface area contributed by atoms with Gasteiger partial charge in [0.05, 0.1) is 14.2 Å². The van der Waals surface area contributed by atoms with Crippen molar-refractivity contribution in [3.8, 4) is 5.75 Å². The zero-order valence-corrected chi connectivity index (χ0v) is 9.78. The number of Topliss-reactive ketones (excluding diaryl/α,β-unsaturated/α-hetero) is 1. The molecule has 0 spiro atoms. The molecule has 0 aliphatic carbocycles. The number of rotatable bonds is 5. The van der Waals surface area contributed by atoms with Gasteiger partial charge in [-0.15, -0.1) is 0 Å². The standard InChI is InChI=1S/C10H12O5S/c1-14-9-5-3-8(4-6-9)10(11)7-16(12,13)15-2/h3-6H,7H2,1-2H3. The van der Waals surface area contributed by atoms with Crippen LogP contribution in [-0.2, 0) is 14.3 Å². The zero-order valence-electron chi connectivity index (χ0n) is 8.97. The molecule has 0 saturated heterocycles. The number of carbonyl (C=O) groups excluding carboxylic acids is 1. The third-order valence-electron chi connectivity index (χ3n) is 1.97. The minimum Gasteiger partial charge on any atom is -0.497 e. The summed E-state index contributed by atoms with van der Waals surface area (Å²) in [6, 6.07) is 6.19. The summed E-state index contributed by atoms with van der Waals surface area (Å²) < 4.78 is 31.2. The van der Waals surface area contributed by atoms with Crippen LogP contribution in [0.3, 0.4) is 0 Å². The minimum absolute atomic E-state index is 0.307. The summed E-state index contributed by atoms with van der Waals surface area (Å²) in [5.74, 6) is -0.564. The first-order chi connectivity index (χ1) is 7.48. The van der Waals surface area contributed by atoms with Crippen molar-refractivity contribution in [3.05, 3.63) is 29.8 Å². The molecule has 1 aromatic carbocycles. The third-order valence-corrected chi connectivity index (χ3v) is 3.10. The molecule has 0 fully saturated rings. The molecule has 1 rings (SSSR count). The molecule has 16 heavy (non-hydrogen) atoms. The summed E-state index contributed by atoms with van der Waals surface area (Å²) in [7, 11) is -1.23. The third kappa shape index (κ3) is 3.32. The van der Waals surface area contributed by atoms with E-state index in [2.05, 4.69) is 4.18 Å². The largest absolute Gasteiger partial charge is 0.497 e. The SMILES string of the molecule is COc1ccc(C(=O)CS(=O)(=O)OC)cc1. The Hall–Kier alpha value is -1.40. The summed E-state index contributed by atoms with van der Waals surface area (Å²) in [5, 5.41) is 0. The molecule has 88 valence electrons. The lowest BCUT2D eigenvalue weighted by Gasteiger charge is -2.03. The number of ether oxygens (including phenoxy) is 1. The maximum absolute atomic E-state index is 11.5. The molecule has 0 aromatic heterocycles. The van der Waals surface area contributed by atoms with E-state index < -0.39 is 21.7 Å². The quantitative estimate of drug-likeness (QED) is 0.567. The second-order valence-electron chi connectivity index (χ2n) is 3.02. The van der Waals surface area contributed by atoms with E-state index in [1.54, 1.807) is 12.1 Å². The maximum atomic E-state index is 11.5. The van der Waals surface area contributed by atoms with E-state index in [-0.39, 0.29) is 0 Å². The Bertz CT molecular complexity index is 460. The summed E-state index contributed by atoms with van der Waals surface area (Å²) in [6.07, 6.45) is 0. The van der Waals surface area contributed by atoms with Crippen LogP contribution in [-0.4, -0.2) is 34.2 Å². The van der Waals surface area contributed by atoms with Gasteiger partial charge >= 0.3 is 0 Å². The average Bonchev–Trinajstić information content (AvgIpc) is 2.28. The fourth-order valence-corrected chi connectivity index (χ4v) is 1.69. The molecule has 0 bridgehead atoms. The normalized spacial score (nSPS) is 11.1. The molecule has 0 heterocycles. The van der Waals surface area contributed by atoms with E-state index in [9.17, 15) is 13.2 Å². The minimum atomic E-state index is -3.76. The number of ketones is 1. The molecule has 6 heteroatoms. The second-order valence-corrected chi connectivity index (χ2v) is 4.76. The highest BCUT2D eigenvalue weighted by atomic mass is 32.2. The summed E-state index contributed by atoms with van der Waals surface area (Å²) >= 11 is 0. The summed E-state index contributed by atoms with van der Waals surface area (Å²) in [4.78, 5) is 11.5. The van der Waals surface area contributed by atoms with Crippen molar-refractivity contribution in [1.29, 1.82) is 0 Å². The van der Waals surface area contributed by atoms with Crippen molar-refractivity contribution in [2.24, 2.45) is 0 Å². The molecule has 0 radical (unpaired) electrons. The topological polar surface area (TPSA) is 69.7 Å². The van der Waals surface area contributed by atoms with Crippen LogP contribution in [0.1, 0.15) is 10.4 Å². The molecule has 0 saturated carbocycles. The van der Waals surface area contributed by atoms with Gasteiger partial charge in [0.15, 0.2) is 5.78 Å². The number of hydrogen-bond donors (Lipinski definition) is 0. The number of hydrogen-bond acceptors (Lipinski definition) is 5. The van der Waals surface area contributed by atoms with Crippen LogP contribution in [0.15, 0.2) is 24.3 Å². The number of benzene rings is 1. The smallest absolute Gasteiger partial charge is 0.274 e. The Labute approximate surface area is 94.1 Å². The van der Waals surface area contributed by atoms with E-state index in [0.717, 1.165) is 7.11 Å². The van der Waals surface area contributed by atoms with Gasteiger partial charge in [0.25, 0.3) is 10.1 Å². The molecule has 0 N–H and O–H groups in total. The van der Waals surface area contributed by atoms with E-state index in [0.29, 0.717) is 11.3 Å². The van der Waals surface area contributed by atoms with Gasteiger partial charge in [0.1, 0.15) is 11.5 Å². The maximum Gasteiger partial charge on any atom is 0.274 e. The predicted molar refractivity (Wildman–Crippen MR) is 58.1 cm³/mol. The van der Waals surface area contributed by atoms with Crippen molar-refractivity contribution in [2.45, 2.75) is 0 Å². The van der Waals surface area contributed by atoms with Gasteiger partial charge in [0, 0.05) is 5.56 Å². The zero-order chi connectivity index (χ0) is 12.2. The molecule has 0 aliphatic heterocycles. The van der Waals surface area contributed by atoms with Crippen molar-refractivity contribution in [2.75, 3.05) is 20.0 Å². The number of methoxy groups -OCH3 is 1. The Morgan fingerprint density at radius 3 is 2.19 bits per heavy atom. The molecule has 0 amide bonds. The van der Waals surface area contributed by atoms with Crippen LogP contribution in [0.2, 0.25) is 0 Å². The van der Waals surface area contributed by atoms with Gasteiger partial charge in [-0.2, -0.15) is 8.42 Å². The highest BCUT2D eigenvalue weighted by molar-refractivity contribution is 7.87. The molecule has 0 aliphatic rings. The van der Waals surface area contributed by atoms with Gasteiger partial charge in [0.2, 0.25) is 0 Å². The molecule has 5 nitrogen and oxygen atoms in total. The van der Waals surface area contributed by atoms with Crippen LogP contribution < -0.4 is 4.74 Å². The number of carbonyl (C=O) groups is 1. The van der Waals surface area contributed by atoms with E-state index in [1.807, 2.05) is 0 Å². The van der Waals surface area contributed by atoms with E-state index >= 15 is 0 Å². The van der Waals surface area contributed by atoms with Crippen LogP contribution in [0, 0.1) is 0 Å². The Morgan fingerprint density at radius 2 is 1.75 bits per heavy atom. The van der Waals surface area contributed by atoms with Gasteiger partial charge < -0.3 is 4.74 Å². The molecular formula is C10H12O5S. The van der Waals surface area contributed by atoms with Crippen molar-refractivity contribution >= 4 is 15.9 Å². The fraction of sp³-hybridized carbons (Fsp3) is 0.300. The summed E-state index contributed by atoms with van der Waals surface area (Å²) in [5.41, 5.74) is 0.307.